The van der Waals surface area contributed by atoms with Crippen LogP contribution in [0.5, 0.6) is 0 Å². The van der Waals surface area contributed by atoms with Gasteiger partial charge in [-0.3, -0.25) is 0 Å². The van der Waals surface area contributed by atoms with Gasteiger partial charge in [0.15, 0.2) is 0 Å². The Kier molecular flexibility index (Phi) is 5.54. The molecule has 1 unspecified atom stereocenters. The third-order valence-electron chi connectivity index (χ3n) is 3.23. The molecule has 1 atom stereocenters. The molecule has 1 nitrogen and oxygen atoms in total. The molecule has 90 valence electrons. The third-order valence-corrected chi connectivity index (χ3v) is 3.23. The molecule has 0 fully saturated rings. The summed E-state index contributed by atoms with van der Waals surface area (Å²) in [6.45, 7) is 7.50. The fourth-order valence-electron chi connectivity index (χ4n) is 2.18. The minimum atomic E-state index is 0.619. The van der Waals surface area contributed by atoms with Gasteiger partial charge in [0, 0.05) is 0 Å². The van der Waals surface area contributed by atoms with E-state index in [0.717, 1.165) is 13.0 Å². The highest BCUT2D eigenvalue weighted by Gasteiger charge is 2.09. The average molecular weight is 219 g/mol. The summed E-state index contributed by atoms with van der Waals surface area (Å²) in [6, 6.07) is 9.09. The second kappa shape index (κ2) is 6.70. The lowest BCUT2D eigenvalue weighted by atomic mass is 9.90. The summed E-state index contributed by atoms with van der Waals surface area (Å²) in [6.07, 6.45) is 3.59. The van der Waals surface area contributed by atoms with Crippen molar-refractivity contribution >= 4 is 0 Å². The molecule has 0 bridgehead atoms. The Morgan fingerprint density at radius 1 is 1.00 bits per heavy atom. The van der Waals surface area contributed by atoms with Crippen LogP contribution in [0.4, 0.5) is 0 Å². The number of hydrogen-bond donors (Lipinski definition) is 1. The van der Waals surface area contributed by atoms with Crippen molar-refractivity contribution in [2.75, 3.05) is 6.54 Å². The molecular weight excluding hydrogens is 194 g/mol. The van der Waals surface area contributed by atoms with E-state index in [1.165, 1.54) is 24.0 Å². The van der Waals surface area contributed by atoms with Crippen LogP contribution >= 0.6 is 0 Å². The Morgan fingerprint density at radius 3 is 2.00 bits per heavy atom. The number of hydrogen-bond acceptors (Lipinski definition) is 1. The van der Waals surface area contributed by atoms with Crippen LogP contribution in [0.3, 0.4) is 0 Å². The highest BCUT2D eigenvalue weighted by atomic mass is 14.5. The fraction of sp³-hybridized carbons (Fsp3) is 0.600. The Labute approximate surface area is 100 Å². The van der Waals surface area contributed by atoms with Crippen LogP contribution in [-0.2, 0) is 0 Å². The summed E-state index contributed by atoms with van der Waals surface area (Å²) in [7, 11) is 0. The van der Waals surface area contributed by atoms with Gasteiger partial charge in [0.05, 0.1) is 0 Å². The third kappa shape index (κ3) is 3.64. The lowest BCUT2D eigenvalue weighted by Gasteiger charge is -2.16. The zero-order valence-electron chi connectivity index (χ0n) is 10.9. The SMILES string of the molecule is CCCC(CCN)c1ccc(C(C)C)cc1. The Hall–Kier alpha value is -0.820. The molecule has 1 heteroatoms. The first kappa shape index (κ1) is 13.2. The molecule has 0 amide bonds. The monoisotopic (exact) mass is 219 g/mol. The molecule has 0 spiro atoms. The van der Waals surface area contributed by atoms with E-state index >= 15 is 0 Å². The predicted molar refractivity (Wildman–Crippen MR) is 71.9 cm³/mol. The van der Waals surface area contributed by atoms with Crippen molar-refractivity contribution in [2.24, 2.45) is 5.73 Å². The van der Waals surface area contributed by atoms with Crippen molar-refractivity contribution in [2.45, 2.75) is 51.9 Å². The largest absolute Gasteiger partial charge is 0.330 e. The van der Waals surface area contributed by atoms with Crippen molar-refractivity contribution in [3.63, 3.8) is 0 Å². The first-order valence-corrected chi connectivity index (χ1v) is 6.49. The number of rotatable bonds is 6. The van der Waals surface area contributed by atoms with E-state index < -0.39 is 0 Å². The molecule has 1 aromatic rings. The summed E-state index contributed by atoms with van der Waals surface area (Å²) in [5, 5.41) is 0. The Morgan fingerprint density at radius 2 is 1.56 bits per heavy atom. The number of nitrogens with two attached hydrogens (primary N) is 1. The topological polar surface area (TPSA) is 26.0 Å². The van der Waals surface area contributed by atoms with Crippen LogP contribution in [0.1, 0.15) is 63.0 Å². The highest BCUT2D eigenvalue weighted by Crippen LogP contribution is 2.26. The van der Waals surface area contributed by atoms with Gasteiger partial charge >= 0.3 is 0 Å². The summed E-state index contributed by atoms with van der Waals surface area (Å²) in [5.41, 5.74) is 8.55. The molecular formula is C15H25N. The molecule has 16 heavy (non-hydrogen) atoms. The maximum atomic E-state index is 5.68. The first-order valence-electron chi connectivity index (χ1n) is 6.49. The van der Waals surface area contributed by atoms with Gasteiger partial charge in [-0.25, -0.2) is 0 Å². The minimum absolute atomic E-state index is 0.619. The molecule has 0 heterocycles. The second-order valence-corrected chi connectivity index (χ2v) is 4.88. The summed E-state index contributed by atoms with van der Waals surface area (Å²) < 4.78 is 0. The maximum absolute atomic E-state index is 5.68. The van der Waals surface area contributed by atoms with Crippen molar-refractivity contribution in [3.05, 3.63) is 35.4 Å². The normalized spacial score (nSPS) is 13.1. The smallest absolute Gasteiger partial charge is 0.00714 e. The van der Waals surface area contributed by atoms with Gasteiger partial charge in [-0.15, -0.1) is 0 Å². The lowest BCUT2D eigenvalue weighted by molar-refractivity contribution is 0.575. The zero-order valence-corrected chi connectivity index (χ0v) is 10.9. The molecule has 0 saturated carbocycles. The minimum Gasteiger partial charge on any atom is -0.330 e. The van der Waals surface area contributed by atoms with E-state index in [1.807, 2.05) is 0 Å². The molecule has 2 N–H and O–H groups in total. The molecule has 0 radical (unpaired) electrons. The van der Waals surface area contributed by atoms with Crippen molar-refractivity contribution in [1.82, 2.24) is 0 Å². The maximum Gasteiger partial charge on any atom is -0.00714 e. The van der Waals surface area contributed by atoms with Crippen molar-refractivity contribution in [1.29, 1.82) is 0 Å². The van der Waals surface area contributed by atoms with Crippen LogP contribution in [0, 0.1) is 0 Å². The molecule has 0 aliphatic rings. The lowest BCUT2D eigenvalue weighted by Crippen LogP contribution is -2.07. The van der Waals surface area contributed by atoms with Gasteiger partial charge in [-0.05, 0) is 42.3 Å². The quantitative estimate of drug-likeness (QED) is 0.767. The van der Waals surface area contributed by atoms with Crippen LogP contribution in [0.25, 0.3) is 0 Å². The van der Waals surface area contributed by atoms with Gasteiger partial charge in [-0.2, -0.15) is 0 Å². The molecule has 1 aromatic carbocycles. The van der Waals surface area contributed by atoms with Gasteiger partial charge in [0.25, 0.3) is 0 Å². The molecule has 0 aliphatic carbocycles. The average Bonchev–Trinajstić information content (AvgIpc) is 2.29. The van der Waals surface area contributed by atoms with E-state index in [9.17, 15) is 0 Å². The highest BCUT2D eigenvalue weighted by molar-refractivity contribution is 5.27. The molecule has 0 saturated heterocycles. The van der Waals surface area contributed by atoms with Gasteiger partial charge in [0.2, 0.25) is 0 Å². The zero-order chi connectivity index (χ0) is 12.0. The predicted octanol–water partition coefficient (Wildman–Crippen LogP) is 4.04. The first-order chi connectivity index (χ1) is 7.69. The second-order valence-electron chi connectivity index (χ2n) is 4.88. The van der Waals surface area contributed by atoms with Gasteiger partial charge in [-0.1, -0.05) is 51.5 Å². The fourth-order valence-corrected chi connectivity index (χ4v) is 2.18. The van der Waals surface area contributed by atoms with Crippen molar-refractivity contribution in [3.8, 4) is 0 Å². The number of benzene rings is 1. The van der Waals surface area contributed by atoms with E-state index in [4.69, 9.17) is 5.73 Å². The van der Waals surface area contributed by atoms with Crippen molar-refractivity contribution < 1.29 is 0 Å². The standard InChI is InChI=1S/C15H25N/c1-4-5-14(10-11-16)15-8-6-13(7-9-15)12(2)3/h6-9,12,14H,4-5,10-11,16H2,1-3H3. The summed E-state index contributed by atoms with van der Waals surface area (Å²) in [4.78, 5) is 0. The van der Waals surface area contributed by atoms with Crippen LogP contribution in [0.2, 0.25) is 0 Å². The van der Waals surface area contributed by atoms with Gasteiger partial charge in [0.1, 0.15) is 0 Å². The van der Waals surface area contributed by atoms with Gasteiger partial charge < -0.3 is 5.73 Å². The molecule has 0 aliphatic heterocycles. The summed E-state index contributed by atoms with van der Waals surface area (Å²) in [5.74, 6) is 1.27. The Balaban J connectivity index is 2.76. The van der Waals surface area contributed by atoms with Crippen LogP contribution < -0.4 is 5.73 Å². The summed E-state index contributed by atoms with van der Waals surface area (Å²) >= 11 is 0. The van der Waals surface area contributed by atoms with E-state index in [1.54, 1.807) is 0 Å². The van der Waals surface area contributed by atoms with E-state index in [-0.39, 0.29) is 0 Å². The van der Waals surface area contributed by atoms with Crippen LogP contribution in [0.15, 0.2) is 24.3 Å². The molecule has 0 aromatic heterocycles. The van der Waals surface area contributed by atoms with Crippen LogP contribution in [-0.4, -0.2) is 6.54 Å². The molecule has 1 rings (SSSR count). The van der Waals surface area contributed by atoms with E-state index in [0.29, 0.717) is 11.8 Å². The Bertz CT molecular complexity index is 281. The van der Waals surface area contributed by atoms with E-state index in [2.05, 4.69) is 45.0 Å².